The zero-order valence-electron chi connectivity index (χ0n) is 10.7. The summed E-state index contributed by atoms with van der Waals surface area (Å²) in [5.74, 6) is 0.259. The van der Waals surface area contributed by atoms with Crippen molar-refractivity contribution in [2.45, 2.75) is 0 Å². The van der Waals surface area contributed by atoms with Crippen molar-refractivity contribution >= 4 is 28.7 Å². The van der Waals surface area contributed by atoms with Gasteiger partial charge in [0, 0.05) is 11.8 Å². The summed E-state index contributed by atoms with van der Waals surface area (Å²) >= 11 is 0. The van der Waals surface area contributed by atoms with E-state index in [9.17, 15) is 0 Å². The second-order valence-corrected chi connectivity index (χ2v) is 4.26. The van der Waals surface area contributed by atoms with Crippen molar-refractivity contribution in [2.24, 2.45) is 0 Å². The molecule has 0 spiro atoms. The lowest BCUT2D eigenvalue weighted by molar-refractivity contribution is 0.820. The number of benzene rings is 2. The molecule has 6 heteroatoms. The van der Waals surface area contributed by atoms with Gasteiger partial charge in [0.05, 0.1) is 0 Å². The molecular formula is C15H17N5Si. The van der Waals surface area contributed by atoms with Gasteiger partial charge in [0.2, 0.25) is 5.95 Å². The Morgan fingerprint density at radius 2 is 1.43 bits per heavy atom. The molecule has 2 aromatic carbocycles. The van der Waals surface area contributed by atoms with Crippen LogP contribution in [0.2, 0.25) is 0 Å². The lowest BCUT2D eigenvalue weighted by Crippen LogP contribution is -2.00. The molecule has 0 amide bonds. The fourth-order valence-corrected chi connectivity index (χ4v) is 1.97. The summed E-state index contributed by atoms with van der Waals surface area (Å²) in [5, 5.41) is 11.1. The Hall–Kier alpha value is -2.73. The molecule has 1 heterocycles. The van der Waals surface area contributed by atoms with E-state index in [-0.39, 0.29) is 16.9 Å². The Balaban J connectivity index is 0.00000161. The Morgan fingerprint density at radius 3 is 1.86 bits per heavy atom. The molecule has 3 rings (SSSR count). The van der Waals surface area contributed by atoms with Gasteiger partial charge in [-0.2, -0.15) is 4.68 Å². The van der Waals surface area contributed by atoms with E-state index in [0.717, 1.165) is 16.7 Å². The van der Waals surface area contributed by atoms with Crippen LogP contribution in [0, 0.1) is 0 Å². The molecule has 0 aliphatic carbocycles. The molecule has 0 atom stereocenters. The second-order valence-electron chi connectivity index (χ2n) is 4.26. The molecule has 2 N–H and O–H groups in total. The lowest BCUT2D eigenvalue weighted by atomic mass is 9.99. The highest BCUT2D eigenvalue weighted by atomic mass is 28.1. The highest BCUT2D eigenvalue weighted by Gasteiger charge is 2.06. The number of tetrazole rings is 1. The van der Waals surface area contributed by atoms with Crippen molar-refractivity contribution in [3.8, 4) is 0 Å². The van der Waals surface area contributed by atoms with Gasteiger partial charge in [0.1, 0.15) is 0 Å². The summed E-state index contributed by atoms with van der Waals surface area (Å²) in [7, 11) is 0. The molecule has 0 radical (unpaired) electrons. The molecule has 0 aliphatic rings. The van der Waals surface area contributed by atoms with Gasteiger partial charge in [0.25, 0.3) is 0 Å². The van der Waals surface area contributed by atoms with Crippen molar-refractivity contribution in [1.82, 2.24) is 20.2 Å². The smallest absolute Gasteiger partial charge is 0.244 e. The largest absolute Gasteiger partial charge is 0.366 e. The molecule has 0 unspecified atom stereocenters. The van der Waals surface area contributed by atoms with Gasteiger partial charge < -0.3 is 5.73 Å². The van der Waals surface area contributed by atoms with Gasteiger partial charge in [-0.15, -0.1) is 0 Å². The van der Waals surface area contributed by atoms with Gasteiger partial charge in [-0.1, -0.05) is 65.8 Å². The van der Waals surface area contributed by atoms with Crippen LogP contribution in [-0.4, -0.2) is 31.2 Å². The molecule has 0 bridgehead atoms. The average Bonchev–Trinajstić information content (AvgIpc) is 2.92. The minimum Gasteiger partial charge on any atom is -0.366 e. The second kappa shape index (κ2) is 6.62. The molecule has 0 fully saturated rings. The number of nitrogens with zero attached hydrogens (tertiary/aromatic N) is 4. The third-order valence-electron chi connectivity index (χ3n) is 2.94. The van der Waals surface area contributed by atoms with Gasteiger partial charge in [0.15, 0.2) is 0 Å². The average molecular weight is 295 g/mol. The van der Waals surface area contributed by atoms with Gasteiger partial charge in [-0.25, -0.2) is 0 Å². The van der Waals surface area contributed by atoms with E-state index in [0.29, 0.717) is 0 Å². The first-order chi connectivity index (χ1) is 9.84. The number of hydrogen-bond acceptors (Lipinski definition) is 4. The van der Waals surface area contributed by atoms with Crippen LogP contribution in [0.5, 0.6) is 0 Å². The number of nitrogens with two attached hydrogens (primary N) is 1. The highest BCUT2D eigenvalue weighted by molar-refractivity contribution is 5.87. The minimum absolute atomic E-state index is 0. The monoisotopic (exact) mass is 295 g/mol. The molecule has 106 valence electrons. The van der Waals surface area contributed by atoms with Crippen LogP contribution in [0.1, 0.15) is 11.1 Å². The van der Waals surface area contributed by atoms with Crippen LogP contribution in [0.4, 0.5) is 5.95 Å². The maximum atomic E-state index is 5.73. The quantitative estimate of drug-likeness (QED) is 0.727. The first-order valence-electron chi connectivity index (χ1n) is 6.20. The fraction of sp³-hybridized carbons (Fsp3) is 0. The van der Waals surface area contributed by atoms with Crippen molar-refractivity contribution in [3.05, 3.63) is 71.8 Å². The van der Waals surface area contributed by atoms with E-state index in [1.807, 2.05) is 66.9 Å². The number of hydrogen-bond donors (Lipinski definition) is 1. The third kappa shape index (κ3) is 3.24. The Bertz CT molecular complexity index is 681. The van der Waals surface area contributed by atoms with Crippen LogP contribution in [0.15, 0.2) is 60.7 Å². The molecular weight excluding hydrogens is 278 g/mol. The van der Waals surface area contributed by atoms with Crippen LogP contribution < -0.4 is 5.73 Å². The highest BCUT2D eigenvalue weighted by Crippen LogP contribution is 2.24. The van der Waals surface area contributed by atoms with Gasteiger partial charge >= 0.3 is 0 Å². The predicted octanol–water partition coefficient (Wildman–Crippen LogP) is 0.850. The van der Waals surface area contributed by atoms with E-state index in [2.05, 4.69) is 15.5 Å². The zero-order chi connectivity index (χ0) is 13.8. The lowest BCUT2D eigenvalue weighted by Gasteiger charge is -2.08. The normalized spacial score (nSPS) is 9.71. The molecule has 0 aliphatic heterocycles. The van der Waals surface area contributed by atoms with Crippen molar-refractivity contribution in [2.75, 3.05) is 5.73 Å². The number of anilines is 1. The number of aromatic nitrogens is 4. The molecule has 1 aromatic heterocycles. The van der Waals surface area contributed by atoms with Gasteiger partial charge in [-0.3, -0.25) is 0 Å². The van der Waals surface area contributed by atoms with E-state index >= 15 is 0 Å². The van der Waals surface area contributed by atoms with E-state index in [1.54, 1.807) is 0 Å². The molecule has 3 aromatic rings. The molecule has 5 nitrogen and oxygen atoms in total. The van der Waals surface area contributed by atoms with E-state index in [4.69, 9.17) is 5.73 Å². The number of rotatable bonds is 3. The van der Waals surface area contributed by atoms with Crippen molar-refractivity contribution < 1.29 is 0 Å². The summed E-state index contributed by atoms with van der Waals surface area (Å²) in [5.41, 5.74) is 8.89. The Labute approximate surface area is 127 Å². The molecule has 0 saturated carbocycles. The maximum absolute atomic E-state index is 5.73. The van der Waals surface area contributed by atoms with E-state index < -0.39 is 0 Å². The van der Waals surface area contributed by atoms with Crippen LogP contribution in [0.3, 0.4) is 0 Å². The predicted molar refractivity (Wildman–Crippen MR) is 89.7 cm³/mol. The molecule has 21 heavy (non-hydrogen) atoms. The molecule has 0 saturated heterocycles. The van der Waals surface area contributed by atoms with Crippen LogP contribution in [0.25, 0.3) is 11.8 Å². The Morgan fingerprint density at radius 1 is 0.905 bits per heavy atom. The standard InChI is InChI=1S/C15H13N5.H4Si/c16-15-17-18-19-20(15)11-14(12-7-3-1-4-8-12)13-9-5-2-6-10-13;/h1-11H,(H2,16,17,19);1H4. The Kier molecular flexibility index (Phi) is 4.63. The summed E-state index contributed by atoms with van der Waals surface area (Å²) in [4.78, 5) is 0. The van der Waals surface area contributed by atoms with Crippen molar-refractivity contribution in [3.63, 3.8) is 0 Å². The van der Waals surface area contributed by atoms with Crippen LogP contribution >= 0.6 is 0 Å². The SMILES string of the molecule is Nc1nnnn1C=C(c1ccccc1)c1ccccc1.[SiH4]. The topological polar surface area (TPSA) is 69.6 Å². The first-order valence-corrected chi connectivity index (χ1v) is 6.20. The summed E-state index contributed by atoms with van der Waals surface area (Å²) < 4.78 is 1.47. The van der Waals surface area contributed by atoms with Gasteiger partial charge in [-0.05, 0) is 32.5 Å². The summed E-state index contributed by atoms with van der Waals surface area (Å²) in [6, 6.07) is 20.1. The first kappa shape index (κ1) is 14.7. The summed E-state index contributed by atoms with van der Waals surface area (Å²) in [6.45, 7) is 0. The van der Waals surface area contributed by atoms with Crippen LogP contribution in [-0.2, 0) is 0 Å². The van der Waals surface area contributed by atoms with Crippen molar-refractivity contribution in [1.29, 1.82) is 0 Å². The maximum Gasteiger partial charge on any atom is 0.244 e. The minimum atomic E-state index is 0. The van der Waals surface area contributed by atoms with E-state index in [1.165, 1.54) is 4.68 Å². The number of nitrogen functional groups attached to an aromatic ring is 1. The summed E-state index contributed by atoms with van der Waals surface area (Å²) in [6.07, 6.45) is 1.83. The fourth-order valence-electron chi connectivity index (χ4n) is 1.97. The zero-order valence-corrected chi connectivity index (χ0v) is 10.7. The third-order valence-corrected chi connectivity index (χ3v) is 2.94.